The minimum absolute atomic E-state index is 0.0353. The molecule has 2 aromatic rings. The maximum atomic E-state index is 12.7. The minimum Gasteiger partial charge on any atom is -0.324 e. The zero-order valence-corrected chi connectivity index (χ0v) is 17.4. The number of carbonyl (C=O) groups excluding carboxylic acids is 1. The van der Waals surface area contributed by atoms with Gasteiger partial charge in [-0.1, -0.05) is 18.2 Å². The van der Waals surface area contributed by atoms with Gasteiger partial charge in [0.25, 0.3) is 0 Å². The van der Waals surface area contributed by atoms with Crippen LogP contribution in [0.4, 0.5) is 4.79 Å². The molecule has 4 rings (SSSR count). The van der Waals surface area contributed by atoms with Crippen LogP contribution in [0.5, 0.6) is 0 Å². The number of carbonyl (C=O) groups is 1. The van der Waals surface area contributed by atoms with Crippen molar-refractivity contribution in [3.05, 3.63) is 47.7 Å². The van der Waals surface area contributed by atoms with Crippen LogP contribution in [0.2, 0.25) is 0 Å². The van der Waals surface area contributed by atoms with E-state index in [9.17, 15) is 4.79 Å². The quantitative estimate of drug-likeness (QED) is 0.788. The highest BCUT2D eigenvalue weighted by Crippen LogP contribution is 2.45. The van der Waals surface area contributed by atoms with Crippen molar-refractivity contribution in [3.63, 3.8) is 0 Å². The van der Waals surface area contributed by atoms with E-state index in [1.54, 1.807) is 0 Å². The first-order valence-electron chi connectivity index (χ1n) is 10.6. The molecule has 1 aromatic carbocycles. The summed E-state index contributed by atoms with van der Waals surface area (Å²) in [6.45, 7) is 13.6. The Balaban J connectivity index is 1.78. The van der Waals surface area contributed by atoms with E-state index in [0.29, 0.717) is 25.0 Å². The molecule has 1 N–H and O–H groups in total. The van der Waals surface area contributed by atoms with Crippen LogP contribution in [0.25, 0.3) is 10.9 Å². The van der Waals surface area contributed by atoms with E-state index in [0.717, 1.165) is 30.7 Å². The van der Waals surface area contributed by atoms with Gasteiger partial charge < -0.3 is 4.90 Å². The molecule has 2 aliphatic rings. The van der Waals surface area contributed by atoms with E-state index < -0.39 is 0 Å². The van der Waals surface area contributed by atoms with E-state index >= 15 is 0 Å². The van der Waals surface area contributed by atoms with Crippen molar-refractivity contribution in [1.82, 2.24) is 14.5 Å². The summed E-state index contributed by atoms with van der Waals surface area (Å²) < 4.78 is 2.02. The third-order valence-corrected chi connectivity index (χ3v) is 6.72. The summed E-state index contributed by atoms with van der Waals surface area (Å²) in [6, 6.07) is 7.08. The third-order valence-electron chi connectivity index (χ3n) is 6.72. The van der Waals surface area contributed by atoms with Gasteiger partial charge in [0.1, 0.15) is 0 Å². The smallest absolute Gasteiger partial charge is 0.324 e. The highest BCUT2D eigenvalue weighted by atomic mass is 16.2. The van der Waals surface area contributed by atoms with Gasteiger partial charge in [-0.2, -0.15) is 0 Å². The molecule has 0 radical (unpaired) electrons. The lowest BCUT2D eigenvalue weighted by Crippen LogP contribution is -2.46. The normalized spacial score (nSPS) is 21.4. The summed E-state index contributed by atoms with van der Waals surface area (Å²) in [7, 11) is 0. The average molecular weight is 381 g/mol. The van der Waals surface area contributed by atoms with Crippen LogP contribution in [0.3, 0.4) is 0 Å². The molecule has 0 saturated carbocycles. The third kappa shape index (κ3) is 2.93. The summed E-state index contributed by atoms with van der Waals surface area (Å²) in [6.07, 6.45) is 5.55. The first kappa shape index (κ1) is 19.1. The van der Waals surface area contributed by atoms with Gasteiger partial charge in [-0.3, -0.25) is 9.58 Å². The second-order valence-corrected chi connectivity index (χ2v) is 8.03. The van der Waals surface area contributed by atoms with Crippen LogP contribution >= 0.6 is 0 Å². The second-order valence-electron chi connectivity index (χ2n) is 8.03. The molecule has 150 valence electrons. The fourth-order valence-electron chi connectivity index (χ4n) is 5.31. The van der Waals surface area contributed by atoms with Crippen molar-refractivity contribution in [2.75, 3.05) is 31.6 Å². The molecule has 5 nitrogen and oxygen atoms in total. The van der Waals surface area contributed by atoms with Crippen molar-refractivity contribution in [2.24, 2.45) is 0 Å². The number of urea groups is 1. The molecule has 1 saturated heterocycles. The topological polar surface area (TPSA) is 40.5 Å². The Kier molecular flexibility index (Phi) is 5.19. The predicted molar refractivity (Wildman–Crippen MR) is 116 cm³/mol. The molecule has 1 aliphatic carbocycles. The van der Waals surface area contributed by atoms with Gasteiger partial charge in [-0.25, -0.2) is 10.2 Å². The van der Waals surface area contributed by atoms with Gasteiger partial charge in [0.2, 0.25) is 0 Å². The molecule has 28 heavy (non-hydrogen) atoms. The Bertz CT molecular complexity index is 896. The highest BCUT2D eigenvalue weighted by Gasteiger charge is 2.38. The predicted octanol–water partition coefficient (Wildman–Crippen LogP) is 4.25. The van der Waals surface area contributed by atoms with Crippen molar-refractivity contribution in [3.8, 4) is 0 Å². The van der Waals surface area contributed by atoms with Crippen LogP contribution in [-0.4, -0.2) is 52.7 Å². The summed E-state index contributed by atoms with van der Waals surface area (Å²) in [5, 5.41) is 1.36. The molecule has 2 heterocycles. The summed E-state index contributed by atoms with van der Waals surface area (Å²) >= 11 is 0. The zero-order valence-electron chi connectivity index (χ0n) is 17.4. The van der Waals surface area contributed by atoms with E-state index in [4.69, 9.17) is 0 Å². The number of nitrogens with zero attached hydrogens (tertiary/aromatic N) is 3. The summed E-state index contributed by atoms with van der Waals surface area (Å²) in [4.78, 5) is 17.1. The van der Waals surface area contributed by atoms with Crippen molar-refractivity contribution in [2.45, 2.75) is 52.0 Å². The Morgan fingerprint density at radius 3 is 2.86 bits per heavy atom. The fourth-order valence-corrected chi connectivity index (χ4v) is 5.31. The maximum absolute atomic E-state index is 12.7. The molecule has 5 heteroatoms. The molecule has 1 aromatic heterocycles. The van der Waals surface area contributed by atoms with Gasteiger partial charge in [0.05, 0.1) is 5.52 Å². The van der Waals surface area contributed by atoms with Gasteiger partial charge >= 0.3 is 6.03 Å². The van der Waals surface area contributed by atoms with Gasteiger partial charge in [0.15, 0.2) is 0 Å². The van der Waals surface area contributed by atoms with E-state index in [1.807, 2.05) is 29.5 Å². The van der Waals surface area contributed by atoms with Gasteiger partial charge in [0, 0.05) is 42.7 Å². The molecule has 1 fully saturated rings. The van der Waals surface area contributed by atoms with Crippen LogP contribution < -0.4 is 5.43 Å². The molecule has 0 spiro atoms. The molecule has 0 bridgehead atoms. The number of nitrogens with one attached hydrogen (secondary N) is 1. The van der Waals surface area contributed by atoms with Gasteiger partial charge in [-0.05, 0) is 63.8 Å². The van der Waals surface area contributed by atoms with Crippen molar-refractivity contribution < 1.29 is 4.79 Å². The number of piperidine rings is 1. The SMILES string of the molecule is C=CCN1CCC[C@@H]2c3cccc4c3c(c(C)n4NC(=O)N(CC)CC)C[C@H]21. The van der Waals surface area contributed by atoms with E-state index in [1.165, 1.54) is 29.4 Å². The lowest BCUT2D eigenvalue weighted by atomic mass is 9.74. The number of rotatable bonds is 5. The molecule has 2 atom stereocenters. The van der Waals surface area contributed by atoms with Crippen LogP contribution in [0.1, 0.15) is 49.4 Å². The molecule has 1 aliphatic heterocycles. The lowest BCUT2D eigenvalue weighted by Gasteiger charge is -2.44. The van der Waals surface area contributed by atoms with E-state index in [-0.39, 0.29) is 6.03 Å². The number of hydrogen-bond acceptors (Lipinski definition) is 2. The largest absolute Gasteiger partial charge is 0.336 e. The zero-order chi connectivity index (χ0) is 19.8. The average Bonchev–Trinajstić information content (AvgIpc) is 2.97. The monoisotopic (exact) mass is 380 g/mol. The van der Waals surface area contributed by atoms with Crippen LogP contribution in [0.15, 0.2) is 30.9 Å². The molecule has 2 amide bonds. The van der Waals surface area contributed by atoms with Crippen molar-refractivity contribution in [1.29, 1.82) is 0 Å². The number of amides is 2. The number of fused-ring (bicyclic) bond motifs is 2. The highest BCUT2D eigenvalue weighted by molar-refractivity contribution is 5.93. The first-order valence-corrected chi connectivity index (χ1v) is 10.6. The summed E-state index contributed by atoms with van der Waals surface area (Å²) in [5.74, 6) is 0.568. The van der Waals surface area contributed by atoms with Crippen LogP contribution in [0, 0.1) is 6.92 Å². The molecule has 0 unspecified atom stereocenters. The maximum Gasteiger partial charge on any atom is 0.336 e. The summed E-state index contributed by atoms with van der Waals surface area (Å²) in [5.41, 5.74) is 8.29. The lowest BCUT2D eigenvalue weighted by molar-refractivity contribution is 0.139. The van der Waals surface area contributed by atoms with Crippen molar-refractivity contribution >= 4 is 16.9 Å². The number of hydrogen-bond donors (Lipinski definition) is 1. The van der Waals surface area contributed by atoms with E-state index in [2.05, 4.69) is 42.0 Å². The Hall–Kier alpha value is -2.27. The Morgan fingerprint density at radius 2 is 2.14 bits per heavy atom. The Labute approximate surface area is 168 Å². The van der Waals surface area contributed by atoms with Gasteiger partial charge in [-0.15, -0.1) is 6.58 Å². The Morgan fingerprint density at radius 1 is 1.36 bits per heavy atom. The molecular formula is C23H32N4O. The number of benzene rings is 1. The minimum atomic E-state index is -0.0353. The fraction of sp³-hybridized carbons (Fsp3) is 0.522. The molecular weight excluding hydrogens is 348 g/mol. The first-order chi connectivity index (χ1) is 13.6. The second kappa shape index (κ2) is 7.63. The number of aromatic nitrogens is 1. The van der Waals surface area contributed by atoms with Crippen LogP contribution in [-0.2, 0) is 6.42 Å². The standard InChI is InChI=1S/C23H32N4O/c1-5-13-26-14-9-11-17-18-10-8-12-20-22(18)19(15-21(17)26)16(4)27(20)24-23(28)25(6-2)7-3/h5,8,10,12,17,21H,1,6-7,9,11,13-15H2,2-4H3,(H,24,28)/t17-,21-/m1/s1. The number of likely N-dealkylation sites (tertiary alicyclic amines) is 1.